The average Bonchev–Trinajstić information content (AvgIpc) is 2.70. The number of nitrogens with one attached hydrogen (secondary N) is 1. The van der Waals surface area contributed by atoms with Gasteiger partial charge in [0.25, 0.3) is 5.91 Å². The Morgan fingerprint density at radius 1 is 1.34 bits per heavy atom. The van der Waals surface area contributed by atoms with Gasteiger partial charge >= 0.3 is 0 Å². The molecule has 1 aliphatic heterocycles. The fourth-order valence-corrected chi connectivity index (χ4v) is 3.63. The zero-order chi connectivity index (χ0) is 21.4. The monoisotopic (exact) mass is 407 g/mol. The third-order valence-electron chi connectivity index (χ3n) is 5.48. The molecule has 4 N–H and O–H groups in total. The Labute approximate surface area is 174 Å². The minimum atomic E-state index is -0.334. The molecule has 4 atom stereocenters. The van der Waals surface area contributed by atoms with Gasteiger partial charge < -0.3 is 30.5 Å². The lowest BCUT2D eigenvalue weighted by Crippen LogP contribution is -2.47. The van der Waals surface area contributed by atoms with Crippen LogP contribution in [0.25, 0.3) is 0 Å². The van der Waals surface area contributed by atoms with Gasteiger partial charge in [0.1, 0.15) is 5.75 Å². The molecule has 0 saturated carbocycles. The quantitative estimate of drug-likeness (QED) is 0.663. The molecule has 1 heterocycles. The number of rotatable bonds is 4. The van der Waals surface area contributed by atoms with Crippen molar-refractivity contribution in [3.63, 3.8) is 0 Å². The van der Waals surface area contributed by atoms with Crippen LogP contribution in [0.4, 0.5) is 5.69 Å². The SMILES string of the molecule is CNC[C@H]1OCCCC[C@@H](C)Oc2ccc(N)cc2C(=O)N([C@H](C)CO)C[C@@H]1C. The highest BCUT2D eigenvalue weighted by Gasteiger charge is 2.29. The molecule has 29 heavy (non-hydrogen) atoms. The van der Waals surface area contributed by atoms with Gasteiger partial charge in [-0.05, 0) is 58.4 Å². The van der Waals surface area contributed by atoms with Crippen molar-refractivity contribution in [2.45, 2.75) is 58.3 Å². The van der Waals surface area contributed by atoms with Crippen LogP contribution in [0.2, 0.25) is 0 Å². The molecule has 1 aliphatic rings. The molecule has 1 amide bonds. The maximum Gasteiger partial charge on any atom is 0.258 e. The molecular formula is C22H37N3O4. The molecule has 0 spiro atoms. The molecule has 1 aromatic carbocycles. The first-order chi connectivity index (χ1) is 13.9. The van der Waals surface area contributed by atoms with E-state index in [2.05, 4.69) is 12.2 Å². The Morgan fingerprint density at radius 3 is 2.79 bits per heavy atom. The van der Waals surface area contributed by atoms with Crippen LogP contribution in [0.1, 0.15) is 50.4 Å². The number of likely N-dealkylation sites (N-methyl/N-ethyl adjacent to an activating group) is 1. The Balaban J connectivity index is 2.41. The number of nitrogens with zero attached hydrogens (tertiary/aromatic N) is 1. The highest BCUT2D eigenvalue weighted by Crippen LogP contribution is 2.27. The highest BCUT2D eigenvalue weighted by atomic mass is 16.5. The van der Waals surface area contributed by atoms with Crippen LogP contribution >= 0.6 is 0 Å². The van der Waals surface area contributed by atoms with Crippen molar-refractivity contribution in [1.82, 2.24) is 10.2 Å². The summed E-state index contributed by atoms with van der Waals surface area (Å²) < 4.78 is 12.2. The molecule has 0 aromatic heterocycles. The maximum atomic E-state index is 13.5. The van der Waals surface area contributed by atoms with Crippen LogP contribution in [-0.2, 0) is 4.74 Å². The second-order valence-corrected chi connectivity index (χ2v) is 8.11. The third kappa shape index (κ3) is 6.59. The number of carbonyl (C=O) groups is 1. The van der Waals surface area contributed by atoms with Gasteiger partial charge in [0.05, 0.1) is 30.4 Å². The molecule has 164 valence electrons. The van der Waals surface area contributed by atoms with Gasteiger partial charge in [-0.25, -0.2) is 0 Å². The van der Waals surface area contributed by atoms with E-state index in [1.807, 2.05) is 20.9 Å². The molecule has 0 unspecified atom stereocenters. The molecule has 2 rings (SSSR count). The lowest BCUT2D eigenvalue weighted by molar-refractivity contribution is -0.000449. The van der Waals surface area contributed by atoms with Crippen molar-refractivity contribution in [3.8, 4) is 5.75 Å². The van der Waals surface area contributed by atoms with Gasteiger partial charge in [-0.2, -0.15) is 0 Å². The third-order valence-corrected chi connectivity index (χ3v) is 5.48. The first-order valence-corrected chi connectivity index (χ1v) is 10.6. The lowest BCUT2D eigenvalue weighted by Gasteiger charge is -2.34. The van der Waals surface area contributed by atoms with Crippen molar-refractivity contribution in [2.75, 3.05) is 39.1 Å². The summed E-state index contributed by atoms with van der Waals surface area (Å²) in [5, 5.41) is 13.0. The van der Waals surface area contributed by atoms with E-state index in [4.69, 9.17) is 15.2 Å². The number of aliphatic hydroxyl groups excluding tert-OH is 1. The number of anilines is 1. The number of nitrogen functional groups attached to an aromatic ring is 1. The summed E-state index contributed by atoms with van der Waals surface area (Å²) in [5.74, 6) is 0.445. The molecule has 0 fully saturated rings. The molecule has 7 heteroatoms. The van der Waals surface area contributed by atoms with Gasteiger partial charge in [0.15, 0.2) is 0 Å². The van der Waals surface area contributed by atoms with Crippen molar-refractivity contribution >= 4 is 11.6 Å². The van der Waals surface area contributed by atoms with Crippen LogP contribution in [0, 0.1) is 5.92 Å². The predicted octanol–water partition coefficient (Wildman–Crippen LogP) is 2.28. The van der Waals surface area contributed by atoms with Gasteiger partial charge in [0, 0.05) is 31.3 Å². The van der Waals surface area contributed by atoms with Crippen molar-refractivity contribution in [3.05, 3.63) is 23.8 Å². The van der Waals surface area contributed by atoms with E-state index in [0.29, 0.717) is 36.7 Å². The number of benzene rings is 1. The van der Waals surface area contributed by atoms with Crippen LogP contribution in [0.3, 0.4) is 0 Å². The number of hydrogen-bond donors (Lipinski definition) is 3. The summed E-state index contributed by atoms with van der Waals surface area (Å²) in [6, 6.07) is 4.85. The van der Waals surface area contributed by atoms with E-state index < -0.39 is 0 Å². The molecular weight excluding hydrogens is 370 g/mol. The summed E-state index contributed by atoms with van der Waals surface area (Å²) in [4.78, 5) is 15.2. The van der Waals surface area contributed by atoms with Gasteiger partial charge in [-0.15, -0.1) is 0 Å². The summed E-state index contributed by atoms with van der Waals surface area (Å²) in [6.07, 6.45) is 2.80. The first-order valence-electron chi connectivity index (χ1n) is 10.6. The van der Waals surface area contributed by atoms with Gasteiger partial charge in [0.2, 0.25) is 0 Å². The van der Waals surface area contributed by atoms with Crippen LogP contribution in [-0.4, -0.2) is 67.5 Å². The highest BCUT2D eigenvalue weighted by molar-refractivity contribution is 5.98. The van der Waals surface area contributed by atoms with E-state index in [1.165, 1.54) is 0 Å². The fourth-order valence-electron chi connectivity index (χ4n) is 3.63. The maximum absolute atomic E-state index is 13.5. The van der Waals surface area contributed by atoms with Gasteiger partial charge in [-0.3, -0.25) is 4.79 Å². The molecule has 1 aromatic rings. The van der Waals surface area contributed by atoms with E-state index in [0.717, 1.165) is 19.3 Å². The topological polar surface area (TPSA) is 97.0 Å². The van der Waals surface area contributed by atoms with Crippen LogP contribution in [0.5, 0.6) is 5.75 Å². The smallest absolute Gasteiger partial charge is 0.258 e. The van der Waals surface area contributed by atoms with Crippen molar-refractivity contribution in [1.29, 1.82) is 0 Å². The summed E-state index contributed by atoms with van der Waals surface area (Å²) in [6.45, 7) is 7.67. The van der Waals surface area contributed by atoms with Crippen LogP contribution in [0.15, 0.2) is 18.2 Å². The average molecular weight is 408 g/mol. The zero-order valence-electron chi connectivity index (χ0n) is 18.2. The molecule has 0 saturated heterocycles. The minimum Gasteiger partial charge on any atom is -0.490 e. The zero-order valence-corrected chi connectivity index (χ0v) is 18.2. The number of carbonyl (C=O) groups excluding carboxylic acids is 1. The molecule has 0 aliphatic carbocycles. The predicted molar refractivity (Wildman–Crippen MR) is 115 cm³/mol. The molecule has 0 bridgehead atoms. The minimum absolute atomic E-state index is 0.0156. The van der Waals surface area contributed by atoms with E-state index in [-0.39, 0.29) is 36.7 Å². The van der Waals surface area contributed by atoms with Crippen molar-refractivity contribution in [2.24, 2.45) is 5.92 Å². The Morgan fingerprint density at radius 2 is 2.10 bits per heavy atom. The number of fused-ring (bicyclic) bond motifs is 1. The standard InChI is InChI=1S/C22H37N3O4/c1-15-13-25(16(2)14-26)22(27)19-11-18(23)8-9-20(19)29-17(3)7-5-6-10-28-21(15)12-24-4/h8-9,11,15-17,21,24,26H,5-7,10,12-14,23H2,1-4H3/t15-,16+,17+,21+/m0/s1. The molecule has 7 nitrogen and oxygen atoms in total. The Bertz CT molecular complexity index is 655. The second kappa shape index (κ2) is 11.4. The summed E-state index contributed by atoms with van der Waals surface area (Å²) >= 11 is 0. The largest absolute Gasteiger partial charge is 0.490 e. The number of amides is 1. The van der Waals surface area contributed by atoms with E-state index in [9.17, 15) is 9.90 Å². The normalized spacial score (nSPS) is 25.6. The lowest BCUT2D eigenvalue weighted by atomic mass is 10.0. The Kier molecular flexibility index (Phi) is 9.20. The number of ether oxygens (including phenoxy) is 2. The fraction of sp³-hybridized carbons (Fsp3) is 0.682. The van der Waals surface area contributed by atoms with E-state index in [1.54, 1.807) is 23.1 Å². The van der Waals surface area contributed by atoms with Crippen LogP contribution < -0.4 is 15.8 Å². The van der Waals surface area contributed by atoms with E-state index >= 15 is 0 Å². The summed E-state index contributed by atoms with van der Waals surface area (Å²) in [7, 11) is 1.90. The first kappa shape index (κ1) is 23.4. The summed E-state index contributed by atoms with van der Waals surface area (Å²) in [5.41, 5.74) is 6.93. The van der Waals surface area contributed by atoms with Gasteiger partial charge in [-0.1, -0.05) is 6.92 Å². The number of aliphatic hydroxyl groups is 1. The number of hydrogen-bond acceptors (Lipinski definition) is 6. The molecule has 0 radical (unpaired) electrons. The second-order valence-electron chi connectivity index (χ2n) is 8.11. The number of nitrogens with two attached hydrogens (primary N) is 1. The Hall–Kier alpha value is -1.83. The van der Waals surface area contributed by atoms with Crippen molar-refractivity contribution < 1.29 is 19.4 Å².